The average Bonchev–Trinajstić information content (AvgIpc) is 2.46. The summed E-state index contributed by atoms with van der Waals surface area (Å²) in [5.74, 6) is -0.156. The van der Waals surface area contributed by atoms with Gasteiger partial charge in [-0.2, -0.15) is 0 Å². The van der Waals surface area contributed by atoms with E-state index >= 15 is 0 Å². The fraction of sp³-hybridized carbons (Fsp3) is 0.125. The lowest BCUT2D eigenvalue weighted by Gasteiger charge is -2.12. The van der Waals surface area contributed by atoms with Crippen LogP contribution >= 0.6 is 0 Å². The number of esters is 1. The summed E-state index contributed by atoms with van der Waals surface area (Å²) in [6, 6.07) is 13.1. The van der Waals surface area contributed by atoms with Gasteiger partial charge in [0.2, 0.25) is 5.88 Å². The molecule has 0 aliphatic rings. The molecule has 0 saturated heterocycles. The first-order valence-corrected chi connectivity index (χ1v) is 6.23. The number of hydrogen-bond donors (Lipinski definition) is 0. The summed E-state index contributed by atoms with van der Waals surface area (Å²) in [7, 11) is 3.83. The SMILES string of the molecule is CN(C)c1ccnc(OC(=O)/C=C/c2ccccc2)c1. The van der Waals surface area contributed by atoms with Gasteiger partial charge in [-0.05, 0) is 17.7 Å². The van der Waals surface area contributed by atoms with E-state index in [2.05, 4.69) is 4.98 Å². The van der Waals surface area contributed by atoms with Gasteiger partial charge in [0, 0.05) is 38.1 Å². The van der Waals surface area contributed by atoms with Crippen LogP contribution in [0.15, 0.2) is 54.7 Å². The fourth-order valence-electron chi connectivity index (χ4n) is 1.60. The van der Waals surface area contributed by atoms with E-state index in [-0.39, 0.29) is 0 Å². The number of carbonyl (C=O) groups excluding carboxylic acids is 1. The van der Waals surface area contributed by atoms with E-state index in [0.717, 1.165) is 11.3 Å². The molecule has 2 aromatic rings. The van der Waals surface area contributed by atoms with Gasteiger partial charge in [0.1, 0.15) is 0 Å². The lowest BCUT2D eigenvalue weighted by atomic mass is 10.2. The monoisotopic (exact) mass is 268 g/mol. The van der Waals surface area contributed by atoms with Crippen LogP contribution in [0.25, 0.3) is 6.08 Å². The molecule has 0 saturated carbocycles. The van der Waals surface area contributed by atoms with Gasteiger partial charge in [-0.15, -0.1) is 0 Å². The van der Waals surface area contributed by atoms with Crippen molar-refractivity contribution in [3.8, 4) is 5.88 Å². The molecule has 0 radical (unpaired) electrons. The summed E-state index contributed by atoms with van der Waals surface area (Å²) in [5.41, 5.74) is 1.87. The smallest absolute Gasteiger partial charge is 0.337 e. The molecule has 4 heteroatoms. The Balaban J connectivity index is 2.01. The van der Waals surface area contributed by atoms with Crippen molar-refractivity contribution >= 4 is 17.7 Å². The normalized spacial score (nSPS) is 10.5. The van der Waals surface area contributed by atoms with Gasteiger partial charge in [0.05, 0.1) is 0 Å². The van der Waals surface area contributed by atoms with Crippen LogP contribution in [0.2, 0.25) is 0 Å². The highest BCUT2D eigenvalue weighted by atomic mass is 16.5. The van der Waals surface area contributed by atoms with E-state index < -0.39 is 5.97 Å². The molecular formula is C16H16N2O2. The fourth-order valence-corrected chi connectivity index (χ4v) is 1.60. The largest absolute Gasteiger partial charge is 0.404 e. The Kier molecular flexibility index (Phi) is 4.50. The third-order valence-electron chi connectivity index (χ3n) is 2.65. The van der Waals surface area contributed by atoms with Gasteiger partial charge in [-0.3, -0.25) is 0 Å². The van der Waals surface area contributed by atoms with Crippen molar-refractivity contribution < 1.29 is 9.53 Å². The van der Waals surface area contributed by atoms with Crippen molar-refractivity contribution in [2.45, 2.75) is 0 Å². The Bertz CT molecular complexity index is 607. The molecule has 0 spiro atoms. The Morgan fingerprint density at radius 3 is 2.65 bits per heavy atom. The molecule has 0 aliphatic heterocycles. The van der Waals surface area contributed by atoms with Gasteiger partial charge < -0.3 is 9.64 Å². The third-order valence-corrected chi connectivity index (χ3v) is 2.65. The van der Waals surface area contributed by atoms with Crippen LogP contribution in [0, 0.1) is 0 Å². The summed E-state index contributed by atoms with van der Waals surface area (Å²) < 4.78 is 5.16. The van der Waals surface area contributed by atoms with Crippen LogP contribution < -0.4 is 9.64 Å². The Labute approximate surface area is 118 Å². The number of carbonyl (C=O) groups is 1. The van der Waals surface area contributed by atoms with Crippen LogP contribution in [-0.2, 0) is 4.79 Å². The Morgan fingerprint density at radius 2 is 1.95 bits per heavy atom. The van der Waals surface area contributed by atoms with Crippen LogP contribution in [0.3, 0.4) is 0 Å². The summed E-state index contributed by atoms with van der Waals surface area (Å²) in [4.78, 5) is 17.6. The molecule has 0 unspecified atom stereocenters. The highest BCUT2D eigenvalue weighted by molar-refractivity contribution is 5.88. The van der Waals surface area contributed by atoms with Crippen LogP contribution in [0.5, 0.6) is 5.88 Å². The number of rotatable bonds is 4. The van der Waals surface area contributed by atoms with Crippen molar-refractivity contribution in [2.24, 2.45) is 0 Å². The van der Waals surface area contributed by atoms with Crippen molar-refractivity contribution in [3.05, 3.63) is 60.3 Å². The predicted octanol–water partition coefficient (Wildman–Crippen LogP) is 2.77. The first kappa shape index (κ1) is 13.8. The first-order valence-electron chi connectivity index (χ1n) is 6.23. The highest BCUT2D eigenvalue weighted by Crippen LogP contribution is 2.16. The van der Waals surface area contributed by atoms with Gasteiger partial charge in [0.25, 0.3) is 0 Å². The van der Waals surface area contributed by atoms with E-state index in [4.69, 9.17) is 4.74 Å². The van der Waals surface area contributed by atoms with Crippen LogP contribution in [0.1, 0.15) is 5.56 Å². The predicted molar refractivity (Wildman–Crippen MR) is 79.7 cm³/mol. The molecule has 102 valence electrons. The summed E-state index contributed by atoms with van der Waals surface area (Å²) in [6.45, 7) is 0. The zero-order valence-corrected chi connectivity index (χ0v) is 11.5. The topological polar surface area (TPSA) is 42.4 Å². The van der Waals surface area contributed by atoms with E-state index in [9.17, 15) is 4.79 Å². The molecule has 20 heavy (non-hydrogen) atoms. The number of aromatic nitrogens is 1. The molecule has 0 fully saturated rings. The lowest BCUT2D eigenvalue weighted by Crippen LogP contribution is -2.10. The van der Waals surface area contributed by atoms with Crippen molar-refractivity contribution in [2.75, 3.05) is 19.0 Å². The number of pyridine rings is 1. The summed E-state index contributed by atoms with van der Waals surface area (Å²) >= 11 is 0. The molecule has 2 rings (SSSR count). The quantitative estimate of drug-likeness (QED) is 0.631. The Morgan fingerprint density at radius 1 is 1.20 bits per heavy atom. The number of nitrogens with zero attached hydrogens (tertiary/aromatic N) is 2. The van der Waals surface area contributed by atoms with E-state index in [1.165, 1.54) is 6.08 Å². The van der Waals surface area contributed by atoms with Gasteiger partial charge in [0.15, 0.2) is 0 Å². The molecule has 1 heterocycles. The molecule has 0 atom stereocenters. The molecule has 1 aromatic heterocycles. The minimum Gasteiger partial charge on any atom is -0.404 e. The van der Waals surface area contributed by atoms with Crippen LogP contribution in [0.4, 0.5) is 5.69 Å². The number of anilines is 1. The van der Waals surface area contributed by atoms with Gasteiger partial charge in [-0.1, -0.05) is 30.3 Å². The third kappa shape index (κ3) is 3.95. The van der Waals surface area contributed by atoms with E-state index in [0.29, 0.717) is 5.88 Å². The average molecular weight is 268 g/mol. The van der Waals surface area contributed by atoms with Crippen molar-refractivity contribution in [1.82, 2.24) is 4.98 Å². The second-order valence-electron chi connectivity index (χ2n) is 4.41. The maximum atomic E-state index is 11.7. The molecule has 4 nitrogen and oxygen atoms in total. The zero-order valence-electron chi connectivity index (χ0n) is 11.5. The molecule has 0 amide bonds. The van der Waals surface area contributed by atoms with E-state index in [1.54, 1.807) is 18.3 Å². The van der Waals surface area contributed by atoms with Gasteiger partial charge in [-0.25, -0.2) is 9.78 Å². The summed E-state index contributed by atoms with van der Waals surface area (Å²) in [6.07, 6.45) is 4.70. The first-order chi connectivity index (χ1) is 9.65. The Hall–Kier alpha value is -2.62. The minimum atomic E-state index is -0.447. The highest BCUT2D eigenvalue weighted by Gasteiger charge is 2.04. The molecule has 0 N–H and O–H groups in total. The number of ether oxygens (including phenoxy) is 1. The standard InChI is InChI=1S/C16H16N2O2/c1-18(2)14-10-11-17-15(12-14)20-16(19)9-8-13-6-4-3-5-7-13/h3-12H,1-2H3/b9-8+. The number of benzene rings is 1. The van der Waals surface area contributed by atoms with Crippen LogP contribution in [-0.4, -0.2) is 25.0 Å². The maximum Gasteiger partial charge on any atom is 0.337 e. The lowest BCUT2D eigenvalue weighted by molar-refractivity contribution is -0.129. The van der Waals surface area contributed by atoms with Gasteiger partial charge >= 0.3 is 5.97 Å². The second kappa shape index (κ2) is 6.52. The molecule has 1 aromatic carbocycles. The summed E-state index contributed by atoms with van der Waals surface area (Å²) in [5, 5.41) is 0. The number of hydrogen-bond acceptors (Lipinski definition) is 4. The van der Waals surface area contributed by atoms with Crippen molar-refractivity contribution in [1.29, 1.82) is 0 Å². The second-order valence-corrected chi connectivity index (χ2v) is 4.41. The van der Waals surface area contributed by atoms with E-state index in [1.807, 2.05) is 55.4 Å². The molecular weight excluding hydrogens is 252 g/mol. The minimum absolute atomic E-state index is 0.291. The van der Waals surface area contributed by atoms with Crippen molar-refractivity contribution in [3.63, 3.8) is 0 Å². The zero-order chi connectivity index (χ0) is 14.4. The molecule has 0 aliphatic carbocycles. The maximum absolute atomic E-state index is 11.7. The molecule has 0 bridgehead atoms.